The van der Waals surface area contributed by atoms with E-state index in [9.17, 15) is 8.42 Å². The van der Waals surface area contributed by atoms with Crippen LogP contribution >= 0.6 is 0 Å². The van der Waals surface area contributed by atoms with Crippen LogP contribution < -0.4 is 10.2 Å². The predicted molar refractivity (Wildman–Crippen MR) is 94.4 cm³/mol. The summed E-state index contributed by atoms with van der Waals surface area (Å²) in [5.74, 6) is 2.97. The van der Waals surface area contributed by atoms with Crippen molar-refractivity contribution < 1.29 is 8.42 Å². The summed E-state index contributed by atoms with van der Waals surface area (Å²) in [6.07, 6.45) is 6.78. The number of aromatic nitrogens is 2. The fourth-order valence-electron chi connectivity index (χ4n) is 4.10. The quantitative estimate of drug-likeness (QED) is 0.860. The fraction of sp³-hybridized carbons (Fsp3) is 0.765. The number of anilines is 1. The fourth-order valence-corrected chi connectivity index (χ4v) is 5.30. The topological polar surface area (TPSA) is 75.2 Å². The van der Waals surface area contributed by atoms with Crippen molar-refractivity contribution in [3.8, 4) is 0 Å². The van der Waals surface area contributed by atoms with Crippen molar-refractivity contribution in [3.05, 3.63) is 17.1 Å². The van der Waals surface area contributed by atoms with Crippen molar-refractivity contribution in [1.82, 2.24) is 15.3 Å². The van der Waals surface area contributed by atoms with Gasteiger partial charge in [0, 0.05) is 37.5 Å². The first-order valence-corrected chi connectivity index (χ1v) is 11.0. The second-order valence-electron chi connectivity index (χ2n) is 7.20. The summed E-state index contributed by atoms with van der Waals surface area (Å²) in [7, 11) is -2.88. The molecule has 6 nitrogen and oxygen atoms in total. The van der Waals surface area contributed by atoms with Crippen LogP contribution in [0.1, 0.15) is 48.7 Å². The Bertz CT molecular complexity index is 700. The minimum absolute atomic E-state index is 0.239. The Balaban J connectivity index is 1.71. The molecule has 0 unspecified atom stereocenters. The number of sulfone groups is 1. The van der Waals surface area contributed by atoms with Gasteiger partial charge in [-0.1, -0.05) is 12.8 Å². The summed E-state index contributed by atoms with van der Waals surface area (Å²) >= 11 is 0. The van der Waals surface area contributed by atoms with Crippen LogP contribution in [0.4, 0.5) is 5.82 Å². The summed E-state index contributed by atoms with van der Waals surface area (Å²) in [6, 6.07) is 0. The maximum atomic E-state index is 11.8. The molecule has 2 fully saturated rings. The molecule has 0 aromatic carbocycles. The van der Waals surface area contributed by atoms with Crippen LogP contribution in [0, 0.1) is 0 Å². The average molecular weight is 350 g/mol. The highest BCUT2D eigenvalue weighted by atomic mass is 32.2. The Labute approximate surface area is 144 Å². The lowest BCUT2D eigenvalue weighted by Crippen LogP contribution is -2.41. The first-order valence-electron chi connectivity index (χ1n) is 9.18. The van der Waals surface area contributed by atoms with Gasteiger partial charge in [-0.05, 0) is 25.8 Å². The molecule has 132 valence electrons. The molecule has 0 atom stereocenters. The van der Waals surface area contributed by atoms with Gasteiger partial charge in [0.1, 0.15) is 11.6 Å². The SMILES string of the molecule is O=S1(=O)CCN(c2nc(C3CCCC3)nc3c2CCNCC3)CC1. The third-order valence-corrected chi connectivity index (χ3v) is 7.15. The van der Waals surface area contributed by atoms with Crippen LogP contribution in [-0.2, 0) is 22.7 Å². The number of hydrogen-bond acceptors (Lipinski definition) is 6. The highest BCUT2D eigenvalue weighted by molar-refractivity contribution is 7.91. The molecule has 1 aromatic heterocycles. The van der Waals surface area contributed by atoms with Gasteiger partial charge in [-0.2, -0.15) is 0 Å². The third-order valence-electron chi connectivity index (χ3n) is 5.54. The molecular weight excluding hydrogens is 324 g/mol. The zero-order valence-corrected chi connectivity index (χ0v) is 14.9. The molecule has 1 aromatic rings. The Hall–Kier alpha value is -1.21. The van der Waals surface area contributed by atoms with E-state index in [2.05, 4.69) is 10.2 Å². The minimum atomic E-state index is -2.88. The summed E-state index contributed by atoms with van der Waals surface area (Å²) < 4.78 is 23.6. The molecule has 7 heteroatoms. The summed E-state index contributed by atoms with van der Waals surface area (Å²) in [6.45, 7) is 3.02. The molecule has 2 aliphatic heterocycles. The predicted octanol–water partition coefficient (Wildman–Crippen LogP) is 1.06. The lowest BCUT2D eigenvalue weighted by atomic mass is 10.0. The molecule has 24 heavy (non-hydrogen) atoms. The monoisotopic (exact) mass is 350 g/mol. The first-order chi connectivity index (χ1) is 11.6. The first kappa shape index (κ1) is 16.3. The van der Waals surface area contributed by atoms with Gasteiger partial charge in [0.05, 0.1) is 17.2 Å². The molecule has 3 aliphatic rings. The molecule has 0 amide bonds. The third kappa shape index (κ3) is 3.28. The Kier molecular flexibility index (Phi) is 4.47. The van der Waals surface area contributed by atoms with E-state index in [0.717, 1.165) is 37.6 Å². The molecule has 3 heterocycles. The van der Waals surface area contributed by atoms with Crippen molar-refractivity contribution in [2.45, 2.75) is 44.4 Å². The molecule has 1 N–H and O–H groups in total. The second kappa shape index (κ2) is 6.59. The normalized spacial score (nSPS) is 24.6. The number of nitrogens with zero attached hydrogens (tertiary/aromatic N) is 3. The van der Waals surface area contributed by atoms with Gasteiger partial charge in [-0.3, -0.25) is 0 Å². The van der Waals surface area contributed by atoms with Crippen molar-refractivity contribution in [2.24, 2.45) is 0 Å². The zero-order valence-electron chi connectivity index (χ0n) is 14.1. The summed E-state index contributed by atoms with van der Waals surface area (Å²) in [5.41, 5.74) is 2.42. The Morgan fingerprint density at radius 1 is 1.00 bits per heavy atom. The smallest absolute Gasteiger partial charge is 0.153 e. The molecule has 1 aliphatic carbocycles. The van der Waals surface area contributed by atoms with Crippen LogP contribution in [0.2, 0.25) is 0 Å². The van der Waals surface area contributed by atoms with Gasteiger partial charge in [-0.25, -0.2) is 18.4 Å². The Morgan fingerprint density at radius 3 is 2.46 bits per heavy atom. The number of rotatable bonds is 2. The van der Waals surface area contributed by atoms with Gasteiger partial charge in [0.25, 0.3) is 0 Å². The highest BCUT2D eigenvalue weighted by Crippen LogP contribution is 2.35. The van der Waals surface area contributed by atoms with Crippen molar-refractivity contribution in [3.63, 3.8) is 0 Å². The van der Waals surface area contributed by atoms with Gasteiger partial charge in [-0.15, -0.1) is 0 Å². The van der Waals surface area contributed by atoms with Crippen molar-refractivity contribution >= 4 is 15.7 Å². The van der Waals surface area contributed by atoms with E-state index in [-0.39, 0.29) is 11.5 Å². The van der Waals surface area contributed by atoms with E-state index in [4.69, 9.17) is 9.97 Å². The number of nitrogens with one attached hydrogen (secondary N) is 1. The maximum Gasteiger partial charge on any atom is 0.153 e. The van der Waals surface area contributed by atoms with Crippen LogP contribution in [-0.4, -0.2) is 56.1 Å². The number of hydrogen-bond donors (Lipinski definition) is 1. The van der Waals surface area contributed by atoms with Crippen LogP contribution in [0.25, 0.3) is 0 Å². The summed E-state index contributed by atoms with van der Waals surface area (Å²) in [5, 5.41) is 3.44. The molecule has 1 saturated carbocycles. The Morgan fingerprint density at radius 2 is 1.71 bits per heavy atom. The molecule has 0 spiro atoms. The highest BCUT2D eigenvalue weighted by Gasteiger charge is 2.29. The minimum Gasteiger partial charge on any atom is -0.354 e. The van der Waals surface area contributed by atoms with Crippen LogP contribution in [0.15, 0.2) is 0 Å². The van der Waals surface area contributed by atoms with E-state index < -0.39 is 9.84 Å². The lowest BCUT2D eigenvalue weighted by molar-refractivity contribution is 0.585. The second-order valence-corrected chi connectivity index (χ2v) is 9.50. The van der Waals surface area contributed by atoms with Gasteiger partial charge < -0.3 is 10.2 Å². The van der Waals surface area contributed by atoms with Crippen molar-refractivity contribution in [1.29, 1.82) is 0 Å². The van der Waals surface area contributed by atoms with E-state index in [0.29, 0.717) is 19.0 Å². The average Bonchev–Trinajstić information content (AvgIpc) is 3.00. The maximum absolute atomic E-state index is 11.8. The molecule has 4 rings (SSSR count). The van der Waals surface area contributed by atoms with E-state index in [1.165, 1.54) is 36.9 Å². The number of fused-ring (bicyclic) bond motifs is 1. The van der Waals surface area contributed by atoms with Crippen molar-refractivity contribution in [2.75, 3.05) is 42.6 Å². The molecular formula is C17H26N4O2S. The van der Waals surface area contributed by atoms with E-state index in [1.807, 2.05) is 0 Å². The van der Waals surface area contributed by atoms with Crippen LogP contribution in [0.5, 0.6) is 0 Å². The molecule has 1 saturated heterocycles. The van der Waals surface area contributed by atoms with Gasteiger partial charge >= 0.3 is 0 Å². The van der Waals surface area contributed by atoms with Gasteiger partial charge in [0.15, 0.2) is 9.84 Å². The summed E-state index contributed by atoms with van der Waals surface area (Å²) in [4.78, 5) is 12.1. The van der Waals surface area contributed by atoms with Gasteiger partial charge in [0.2, 0.25) is 0 Å². The lowest BCUT2D eigenvalue weighted by Gasteiger charge is -2.30. The standard InChI is InChI=1S/C17H26N4O2S/c22-24(23)11-9-21(10-12-24)17-14-5-7-18-8-6-15(14)19-16(20-17)13-3-1-2-4-13/h13,18H,1-12H2. The largest absolute Gasteiger partial charge is 0.354 e. The van der Waals surface area contributed by atoms with E-state index in [1.54, 1.807) is 0 Å². The van der Waals surface area contributed by atoms with Crippen LogP contribution in [0.3, 0.4) is 0 Å². The molecule has 0 bridgehead atoms. The zero-order chi connectivity index (χ0) is 16.6. The van der Waals surface area contributed by atoms with E-state index >= 15 is 0 Å². The molecule has 0 radical (unpaired) electrons.